The molecule has 692 valence electrons. The van der Waals surface area contributed by atoms with Gasteiger partial charge in [0.1, 0.15) is 103 Å². The highest BCUT2D eigenvalue weighted by Crippen LogP contribution is 2.47. The van der Waals surface area contributed by atoms with E-state index in [-0.39, 0.29) is 122 Å². The van der Waals surface area contributed by atoms with E-state index in [1.54, 1.807) is 64.1 Å². The van der Waals surface area contributed by atoms with Crippen molar-refractivity contribution < 1.29 is 129 Å². The average Bonchev–Trinajstić information content (AvgIpc) is 1.30. The van der Waals surface area contributed by atoms with Gasteiger partial charge in [0, 0.05) is 99.2 Å². The summed E-state index contributed by atoms with van der Waals surface area (Å²) in [5.41, 5.74) is -9.68. The van der Waals surface area contributed by atoms with Crippen LogP contribution in [0.25, 0.3) is 22.6 Å². The summed E-state index contributed by atoms with van der Waals surface area (Å²) in [7, 11) is 0. The van der Waals surface area contributed by atoms with Crippen LogP contribution in [0, 0.1) is 44.0 Å². The van der Waals surface area contributed by atoms with Crippen molar-refractivity contribution in [3.05, 3.63) is 247 Å². The Hall–Kier alpha value is -12.3. The molecule has 0 radical (unpaired) electrons. The molecule has 14 heterocycles. The number of hydrogen-bond acceptors (Lipinski definition) is 22. The van der Waals surface area contributed by atoms with E-state index in [9.17, 15) is 105 Å². The van der Waals surface area contributed by atoms with Gasteiger partial charge in [-0.15, -0.1) is 0 Å². The fraction of sp³-hybridized carbons (Fsp3) is 0.412. The van der Waals surface area contributed by atoms with Gasteiger partial charge in [-0.05, 0) is 143 Å². The van der Waals surface area contributed by atoms with Gasteiger partial charge in [-0.2, -0.15) is 73.1 Å². The lowest BCUT2D eigenvalue weighted by atomic mass is 9.74. The van der Waals surface area contributed by atoms with Gasteiger partial charge in [0.25, 0.3) is 23.6 Å². The second kappa shape index (κ2) is 34.4. The van der Waals surface area contributed by atoms with Crippen LogP contribution in [0.15, 0.2) is 123 Å². The van der Waals surface area contributed by atoms with Crippen molar-refractivity contribution in [1.82, 2.24) is 89.6 Å². The van der Waals surface area contributed by atoms with Crippen molar-refractivity contribution in [1.29, 1.82) is 0 Å². The van der Waals surface area contributed by atoms with Crippen LogP contribution in [0.5, 0.6) is 0 Å². The molecule has 10 aromatic heterocycles. The number of ether oxygens (including phenoxy) is 4. The Kier molecular flexibility index (Phi) is 24.2. The first kappa shape index (κ1) is 92.0. The Labute approximate surface area is 729 Å². The molecule has 0 bridgehead atoms. The molecule has 7 fully saturated rings. The van der Waals surface area contributed by atoms with E-state index in [0.29, 0.717) is 77.9 Å². The van der Waals surface area contributed by atoms with Gasteiger partial charge in [-0.3, -0.25) is 29.1 Å². The standard InChI is InChI=1S/C23H23F4N5O3.C22H21F4N5O3.C21H18F4N4O3.C19H16F4N4O3/c1-12-17(19-29-8-14(13-3-4-13)10-32(19)31-12)20(33)30-22(5-6-35-11-21(22,2)34)18-16(24)7-15(9-28-18)23(25,26)27;1-11-17(19-28-7-13(12-2-3-12)9-31(19)30-11)20(33)29-21(4-5-34-10-16(21)32)18-15(23)6-14(8-27-18)22(24,25)26;22-16-5-13(21(23,24)25)3-4-15(16)20(10-32-9-17(20)30)28-19(31)14-7-27-29-8-12(11-1-2-11)6-26-18(14)29;1-10-5-24-16-12(6-25-27(16)7-10)17(29)26-18(9-30-8-15(18)28)13-3-2-11(4-14(13)20)19(21,22)23/h7-10,13,34H,3-6,11H2,1-2H3,(H,30,33);6-9,12,16,32H,2-5,10H2,1H3,(H,29,33);3-8,11,17,30H,1-2,9-10H2,(H,28,31);2-7,15,28H,8-9H2,1H3,(H,26,29). The number of benzene rings is 2. The third-order valence-electron chi connectivity index (χ3n) is 24.1. The summed E-state index contributed by atoms with van der Waals surface area (Å²) in [6.45, 7) is 4.71. The van der Waals surface area contributed by atoms with Gasteiger partial charge in [0.2, 0.25) is 0 Å². The fourth-order valence-electron chi connectivity index (χ4n) is 16.5. The molecule has 4 saturated heterocycles. The highest BCUT2D eigenvalue weighted by Gasteiger charge is 2.57. The summed E-state index contributed by atoms with van der Waals surface area (Å²) < 4.78 is 242. The number of aliphatic hydroxyl groups is 4. The molecule has 2 aromatic carbocycles. The zero-order valence-corrected chi connectivity index (χ0v) is 69.2. The topological polar surface area (TPSA) is 381 Å². The highest BCUT2D eigenvalue weighted by atomic mass is 19.4. The van der Waals surface area contributed by atoms with E-state index in [4.69, 9.17) is 18.9 Å². The first-order valence-electron chi connectivity index (χ1n) is 40.7. The maximum absolute atomic E-state index is 15.1. The molecule has 19 rings (SSSR count). The lowest BCUT2D eigenvalue weighted by molar-refractivity contribution is -0.142. The van der Waals surface area contributed by atoms with Gasteiger partial charge in [-0.25, -0.2) is 55.6 Å². The number of aromatic nitrogens is 14. The molecule has 12 aromatic rings. The second-order valence-electron chi connectivity index (χ2n) is 33.3. The Morgan fingerprint density at radius 1 is 0.412 bits per heavy atom. The minimum Gasteiger partial charge on any atom is -0.388 e. The van der Waals surface area contributed by atoms with Crippen molar-refractivity contribution in [2.75, 3.05) is 52.9 Å². The Bertz CT molecular complexity index is 6450. The predicted octanol–water partition coefficient (Wildman–Crippen LogP) is 11.1. The number of halogens is 16. The highest BCUT2D eigenvalue weighted by molar-refractivity contribution is 6.03. The summed E-state index contributed by atoms with van der Waals surface area (Å²) in [5, 5.41) is 70.4. The summed E-state index contributed by atoms with van der Waals surface area (Å²) in [4.78, 5) is 77.7. The van der Waals surface area contributed by atoms with Crippen LogP contribution >= 0.6 is 0 Å². The number of carbonyl (C=O) groups excluding carboxylic acids is 4. The summed E-state index contributed by atoms with van der Waals surface area (Å²) in [5.74, 6) is -6.61. The number of aryl methyl sites for hydroxylation is 3. The molecule has 4 aliphatic heterocycles. The zero-order chi connectivity index (χ0) is 93.8. The van der Waals surface area contributed by atoms with Crippen molar-refractivity contribution in [3.8, 4) is 0 Å². The van der Waals surface area contributed by atoms with Gasteiger partial charge in [0.05, 0.1) is 85.7 Å². The number of nitrogens with zero attached hydrogens (tertiary/aromatic N) is 14. The van der Waals surface area contributed by atoms with Crippen LogP contribution in [0.4, 0.5) is 70.2 Å². The number of aliphatic hydroxyl groups excluding tert-OH is 3. The van der Waals surface area contributed by atoms with Crippen molar-refractivity contribution in [2.45, 2.75) is 168 Å². The number of alkyl halides is 12. The summed E-state index contributed by atoms with van der Waals surface area (Å²) in [6.07, 6.45) is 0.0169. The van der Waals surface area contributed by atoms with Crippen LogP contribution in [0.1, 0.15) is 196 Å². The largest absolute Gasteiger partial charge is 0.417 e. The Morgan fingerprint density at radius 3 is 1.20 bits per heavy atom. The Morgan fingerprint density at radius 2 is 0.794 bits per heavy atom. The predicted molar refractivity (Wildman–Crippen MR) is 421 cm³/mol. The van der Waals surface area contributed by atoms with Gasteiger partial charge in [-0.1, -0.05) is 12.1 Å². The Balaban J connectivity index is 0.000000128. The van der Waals surface area contributed by atoms with Crippen LogP contribution in [-0.4, -0.2) is 189 Å². The molecule has 131 heavy (non-hydrogen) atoms. The number of fused-ring (bicyclic) bond motifs is 4. The van der Waals surface area contributed by atoms with Crippen LogP contribution in [-0.2, 0) is 65.8 Å². The smallest absolute Gasteiger partial charge is 0.388 e. The molecule has 8 unspecified atom stereocenters. The number of hydrogen-bond donors (Lipinski definition) is 8. The number of carbonyl (C=O) groups is 4. The number of pyridine rings is 2. The third-order valence-corrected chi connectivity index (χ3v) is 24.1. The molecule has 3 saturated carbocycles. The molecule has 7 aliphatic rings. The second-order valence-corrected chi connectivity index (χ2v) is 33.3. The van der Waals surface area contributed by atoms with Crippen molar-refractivity contribution in [2.24, 2.45) is 0 Å². The van der Waals surface area contributed by atoms with E-state index in [2.05, 4.69) is 71.6 Å². The SMILES string of the molecule is Cc1cnc2c(C(=O)NC3(c4ccc(C(F)(F)F)cc4F)COCC3O)cnn2c1.Cc1nn2cc(C3CC3)cnc2c1C(=O)NC1(c2ncc(C(F)(F)F)cc2F)CCOCC1(C)O.Cc1nn2cc(C3CC3)cnc2c1C(=O)NC1(c2ncc(C(F)(F)F)cc2F)CCOCC1O.O=C(NC1(c2ccc(C(F)(F)F)cc2F)COCC1O)c1cnn2cc(C3CC3)cnc12. The van der Waals surface area contributed by atoms with E-state index < -0.39 is 151 Å². The first-order valence-corrected chi connectivity index (χ1v) is 40.7. The molecule has 4 amide bonds. The number of rotatable bonds is 15. The lowest BCUT2D eigenvalue weighted by Gasteiger charge is -2.48. The fourth-order valence-corrected chi connectivity index (χ4v) is 16.5. The number of amides is 4. The van der Waals surface area contributed by atoms with Gasteiger partial charge >= 0.3 is 24.7 Å². The van der Waals surface area contributed by atoms with E-state index in [1.807, 2.05) is 0 Å². The third kappa shape index (κ3) is 17.9. The van der Waals surface area contributed by atoms with Crippen molar-refractivity contribution in [3.63, 3.8) is 0 Å². The van der Waals surface area contributed by atoms with Crippen molar-refractivity contribution >= 4 is 46.2 Å². The monoisotopic (exact) mass is 1850 g/mol. The molecule has 8 N–H and O–H groups in total. The summed E-state index contributed by atoms with van der Waals surface area (Å²) in [6, 6.07) is 4.48. The molecule has 0 spiro atoms. The van der Waals surface area contributed by atoms with Crippen LogP contribution < -0.4 is 21.3 Å². The van der Waals surface area contributed by atoms with Gasteiger partial charge in [0.15, 0.2) is 22.6 Å². The van der Waals surface area contributed by atoms with E-state index in [0.717, 1.165) is 72.9 Å². The zero-order valence-electron chi connectivity index (χ0n) is 69.2. The van der Waals surface area contributed by atoms with Gasteiger partial charge < -0.3 is 60.6 Å². The maximum atomic E-state index is 15.1. The minimum absolute atomic E-state index is 0.00924. The first-order chi connectivity index (χ1) is 61.8. The molecule has 3 aliphatic carbocycles. The molecule has 46 heteroatoms. The maximum Gasteiger partial charge on any atom is 0.417 e. The number of nitrogens with one attached hydrogen (secondary N) is 4. The molecule has 8 atom stereocenters. The summed E-state index contributed by atoms with van der Waals surface area (Å²) >= 11 is 0. The minimum atomic E-state index is -4.81. The van der Waals surface area contributed by atoms with E-state index >= 15 is 4.39 Å². The molecular formula is C85H78F16N18O12. The van der Waals surface area contributed by atoms with Crippen LogP contribution in [0.3, 0.4) is 0 Å². The average molecular weight is 1850 g/mol. The van der Waals surface area contributed by atoms with E-state index in [1.165, 1.54) is 43.6 Å². The normalized spacial score (nSPS) is 23.5. The quantitative estimate of drug-likeness (QED) is 0.0442. The molecule has 30 nitrogen and oxygen atoms in total. The molecular weight excluding hydrogens is 1770 g/mol. The lowest BCUT2D eigenvalue weighted by Crippen LogP contribution is -2.65. The van der Waals surface area contributed by atoms with Crippen LogP contribution in [0.2, 0.25) is 0 Å².